The first-order valence-corrected chi connectivity index (χ1v) is 4.79. The van der Waals surface area contributed by atoms with E-state index in [4.69, 9.17) is 0 Å². The Balaban J connectivity index is 0.000000112. The summed E-state index contributed by atoms with van der Waals surface area (Å²) in [5, 5.41) is 17.9. The van der Waals surface area contributed by atoms with Gasteiger partial charge in [0.25, 0.3) is 0 Å². The molecule has 0 saturated heterocycles. The summed E-state index contributed by atoms with van der Waals surface area (Å²) in [6.45, 7) is 1.81. The fraction of sp³-hybridized carbons (Fsp3) is 0.444. The maximum Gasteiger partial charge on any atom is 0.0802 e. The van der Waals surface area contributed by atoms with E-state index in [2.05, 4.69) is 31.0 Å². The number of hydrogen-bond donors (Lipinski definition) is 1. The molecule has 3 aliphatic heterocycles. The van der Waals surface area contributed by atoms with Crippen molar-refractivity contribution >= 4 is 18.6 Å². The molecule has 0 aromatic heterocycles. The molecule has 15 heavy (non-hydrogen) atoms. The Morgan fingerprint density at radius 1 is 1.07 bits per heavy atom. The Kier molecular flexibility index (Phi) is 6.54. The van der Waals surface area contributed by atoms with Crippen molar-refractivity contribution in [1.82, 2.24) is 5.43 Å². The fourth-order valence-corrected chi connectivity index (χ4v) is 0.794. The van der Waals surface area contributed by atoms with Crippen LogP contribution in [-0.2, 0) is 0 Å². The molecule has 0 aromatic rings. The third-order valence-corrected chi connectivity index (χ3v) is 1.45. The molecule has 0 fully saturated rings. The lowest BCUT2D eigenvalue weighted by atomic mass is 10.5. The van der Waals surface area contributed by atoms with Gasteiger partial charge in [0.15, 0.2) is 0 Å². The van der Waals surface area contributed by atoms with Crippen LogP contribution in [0.5, 0.6) is 0 Å². The summed E-state index contributed by atoms with van der Waals surface area (Å²) >= 11 is 0. The summed E-state index contributed by atoms with van der Waals surface area (Å²) in [4.78, 5) is 0. The number of nitrogens with one attached hydrogen (secondary N) is 1. The molecule has 0 aliphatic carbocycles. The van der Waals surface area contributed by atoms with Crippen LogP contribution in [-0.4, -0.2) is 31.7 Å². The van der Waals surface area contributed by atoms with E-state index in [0.29, 0.717) is 0 Å². The molecular formula is C9H14N6. The summed E-state index contributed by atoms with van der Waals surface area (Å²) in [6.07, 6.45) is 11.0. The van der Waals surface area contributed by atoms with Crippen molar-refractivity contribution in [2.45, 2.75) is 12.8 Å². The maximum absolute atomic E-state index is 3.71. The summed E-state index contributed by atoms with van der Waals surface area (Å²) in [5.74, 6) is 0. The van der Waals surface area contributed by atoms with E-state index >= 15 is 0 Å². The topological polar surface area (TPSA) is 73.8 Å². The molecule has 1 N–H and O–H groups in total. The molecule has 0 aromatic carbocycles. The van der Waals surface area contributed by atoms with Gasteiger partial charge < -0.3 is 5.43 Å². The molecule has 0 amide bonds. The molecular weight excluding hydrogens is 192 g/mol. The van der Waals surface area contributed by atoms with Gasteiger partial charge in [-0.05, 0) is 6.08 Å². The van der Waals surface area contributed by atoms with Crippen LogP contribution in [0, 0.1) is 0 Å². The average Bonchev–Trinajstić information content (AvgIpc) is 3.09. The Hall–Kier alpha value is -1.85. The van der Waals surface area contributed by atoms with E-state index in [1.807, 2.05) is 12.3 Å². The highest BCUT2D eigenvalue weighted by Gasteiger charge is 1.83. The van der Waals surface area contributed by atoms with Crippen molar-refractivity contribution in [2.24, 2.45) is 25.5 Å². The second-order valence-electron chi connectivity index (χ2n) is 2.66. The smallest absolute Gasteiger partial charge is 0.0802 e. The lowest BCUT2D eigenvalue weighted by Gasteiger charge is -1.76. The van der Waals surface area contributed by atoms with Gasteiger partial charge in [-0.15, -0.1) is 0 Å². The van der Waals surface area contributed by atoms with Crippen LogP contribution >= 0.6 is 0 Å². The number of rotatable bonds is 0. The third-order valence-electron chi connectivity index (χ3n) is 1.45. The predicted molar refractivity (Wildman–Crippen MR) is 61.6 cm³/mol. The molecule has 0 unspecified atom stereocenters. The minimum Gasteiger partial charge on any atom is -0.310 e. The van der Waals surface area contributed by atoms with Gasteiger partial charge in [0.1, 0.15) is 0 Å². The zero-order chi connectivity index (χ0) is 10.6. The van der Waals surface area contributed by atoms with Crippen molar-refractivity contribution in [3.63, 3.8) is 0 Å². The van der Waals surface area contributed by atoms with Crippen LogP contribution in [0.3, 0.4) is 0 Å². The molecule has 0 atom stereocenters. The largest absolute Gasteiger partial charge is 0.310 e. The Bertz CT molecular complexity index is 241. The van der Waals surface area contributed by atoms with Crippen molar-refractivity contribution in [3.05, 3.63) is 12.3 Å². The normalized spacial score (nSPS) is 18.1. The SMILES string of the molecule is C1=CN=NC1.C1=NN=CC1.C1=NNCC1. The number of hydrazone groups is 1. The van der Waals surface area contributed by atoms with Gasteiger partial charge in [-0.2, -0.15) is 25.5 Å². The molecule has 3 heterocycles. The highest BCUT2D eigenvalue weighted by atomic mass is 15.3. The molecule has 0 saturated carbocycles. The van der Waals surface area contributed by atoms with Gasteiger partial charge in [-0.25, -0.2) is 0 Å². The van der Waals surface area contributed by atoms with Gasteiger partial charge in [-0.3, -0.25) is 0 Å². The van der Waals surface area contributed by atoms with Crippen LogP contribution in [0.4, 0.5) is 0 Å². The number of hydrogen-bond acceptors (Lipinski definition) is 6. The van der Waals surface area contributed by atoms with Gasteiger partial charge in [-0.1, -0.05) is 0 Å². The zero-order valence-electron chi connectivity index (χ0n) is 8.45. The Morgan fingerprint density at radius 2 is 1.93 bits per heavy atom. The quantitative estimate of drug-likeness (QED) is 0.638. The molecule has 3 rings (SSSR count). The van der Waals surface area contributed by atoms with Gasteiger partial charge in [0.05, 0.1) is 6.54 Å². The minimum absolute atomic E-state index is 0.778. The van der Waals surface area contributed by atoms with Crippen LogP contribution < -0.4 is 5.43 Å². The van der Waals surface area contributed by atoms with Gasteiger partial charge in [0.2, 0.25) is 0 Å². The standard InChI is InChI=1S/C3H6N2.2C3H4N2/c3*1-2-4-5-3-1/h2,5H,1,3H2;2-3H,1H2;1-2H,3H2. The maximum atomic E-state index is 3.71. The average molecular weight is 206 g/mol. The van der Waals surface area contributed by atoms with Crippen molar-refractivity contribution in [3.8, 4) is 0 Å². The number of nitrogens with zero attached hydrogens (tertiary/aromatic N) is 5. The highest BCUT2D eigenvalue weighted by Crippen LogP contribution is 1.86. The summed E-state index contributed by atoms with van der Waals surface area (Å²) < 4.78 is 0. The molecule has 0 bridgehead atoms. The van der Waals surface area contributed by atoms with Gasteiger partial charge in [0, 0.05) is 44.2 Å². The predicted octanol–water partition coefficient (Wildman–Crippen LogP) is 1.38. The van der Waals surface area contributed by atoms with Crippen LogP contribution in [0.15, 0.2) is 37.8 Å². The third kappa shape index (κ3) is 7.24. The van der Waals surface area contributed by atoms with E-state index in [-0.39, 0.29) is 0 Å². The molecule has 6 heteroatoms. The van der Waals surface area contributed by atoms with Crippen molar-refractivity contribution < 1.29 is 0 Å². The van der Waals surface area contributed by atoms with Crippen molar-refractivity contribution in [2.75, 3.05) is 13.1 Å². The van der Waals surface area contributed by atoms with Gasteiger partial charge >= 0.3 is 0 Å². The summed E-state index contributed by atoms with van der Waals surface area (Å²) in [6, 6.07) is 0. The lowest BCUT2D eigenvalue weighted by Crippen LogP contribution is -1.96. The molecule has 6 nitrogen and oxygen atoms in total. The van der Waals surface area contributed by atoms with E-state index in [1.165, 1.54) is 0 Å². The van der Waals surface area contributed by atoms with Crippen LogP contribution in [0.25, 0.3) is 0 Å². The second-order valence-corrected chi connectivity index (χ2v) is 2.66. The highest BCUT2D eigenvalue weighted by molar-refractivity contribution is 5.82. The summed E-state index contributed by atoms with van der Waals surface area (Å²) in [7, 11) is 0. The fourth-order valence-electron chi connectivity index (χ4n) is 0.794. The summed E-state index contributed by atoms with van der Waals surface area (Å²) in [5.41, 5.74) is 2.79. The first-order chi connectivity index (χ1) is 7.50. The lowest BCUT2D eigenvalue weighted by molar-refractivity contribution is 0.813. The van der Waals surface area contributed by atoms with E-state index in [1.54, 1.807) is 18.6 Å². The van der Waals surface area contributed by atoms with Crippen molar-refractivity contribution in [1.29, 1.82) is 0 Å². The zero-order valence-corrected chi connectivity index (χ0v) is 8.45. The molecule has 3 aliphatic rings. The second kappa shape index (κ2) is 8.74. The molecule has 80 valence electrons. The minimum atomic E-state index is 0.778. The Morgan fingerprint density at radius 3 is 2.13 bits per heavy atom. The number of azo groups is 1. The van der Waals surface area contributed by atoms with E-state index in [0.717, 1.165) is 25.9 Å². The van der Waals surface area contributed by atoms with Crippen LogP contribution in [0.1, 0.15) is 12.8 Å². The first-order valence-electron chi connectivity index (χ1n) is 4.79. The van der Waals surface area contributed by atoms with E-state index in [9.17, 15) is 0 Å². The first kappa shape index (κ1) is 11.2. The Labute approximate surface area is 88.6 Å². The molecule has 0 spiro atoms. The monoisotopic (exact) mass is 206 g/mol. The van der Waals surface area contributed by atoms with E-state index < -0.39 is 0 Å². The van der Waals surface area contributed by atoms with Crippen LogP contribution in [0.2, 0.25) is 0 Å². The molecule has 0 radical (unpaired) electrons.